The molecule has 11 nitrogen and oxygen atoms in total. The molecule has 0 spiro atoms. The van der Waals surface area contributed by atoms with Crippen molar-refractivity contribution in [2.75, 3.05) is 46.6 Å². The number of nitrogens with zero attached hydrogens (tertiary/aromatic N) is 3. The maximum atomic E-state index is 14.3. The first kappa shape index (κ1) is 31.8. The first-order valence-corrected chi connectivity index (χ1v) is 16.1. The monoisotopic (exact) mass is 630 g/mol. The topological polar surface area (TPSA) is 128 Å². The molecule has 1 aliphatic carbocycles. The van der Waals surface area contributed by atoms with Gasteiger partial charge in [0.2, 0.25) is 5.76 Å². The van der Waals surface area contributed by atoms with Crippen LogP contribution in [-0.4, -0.2) is 89.6 Å². The first-order chi connectivity index (χ1) is 22.4. The van der Waals surface area contributed by atoms with Crippen LogP contribution in [0.5, 0.6) is 5.75 Å². The lowest BCUT2D eigenvalue weighted by Crippen LogP contribution is -2.54. The Labute approximate surface area is 268 Å². The Bertz CT molecular complexity index is 1650. The lowest BCUT2D eigenvalue weighted by molar-refractivity contribution is -0.0893. The van der Waals surface area contributed by atoms with Gasteiger partial charge in [0.1, 0.15) is 16.9 Å². The first-order valence-electron chi connectivity index (χ1n) is 16.1. The van der Waals surface area contributed by atoms with E-state index in [0.29, 0.717) is 56.1 Å². The van der Waals surface area contributed by atoms with Crippen LogP contribution in [0.3, 0.4) is 0 Å². The normalized spacial score (nSPS) is 21.8. The second-order valence-corrected chi connectivity index (χ2v) is 12.0. The van der Waals surface area contributed by atoms with Crippen LogP contribution in [0.25, 0.3) is 22.2 Å². The van der Waals surface area contributed by atoms with Crippen molar-refractivity contribution in [3.8, 4) is 17.0 Å². The molecule has 46 heavy (non-hydrogen) atoms. The highest BCUT2D eigenvalue weighted by molar-refractivity contribution is 5.98. The minimum Gasteiger partial charge on any atom is -0.493 e. The van der Waals surface area contributed by atoms with Gasteiger partial charge in [-0.05, 0) is 44.0 Å². The number of ether oxygens (including phenoxy) is 3. The van der Waals surface area contributed by atoms with Gasteiger partial charge in [-0.1, -0.05) is 43.2 Å². The van der Waals surface area contributed by atoms with Gasteiger partial charge in [-0.2, -0.15) is 0 Å². The maximum absolute atomic E-state index is 14.3. The summed E-state index contributed by atoms with van der Waals surface area (Å²) in [5, 5.41) is 15.8. The molecule has 1 amide bonds. The number of amides is 1. The van der Waals surface area contributed by atoms with Crippen molar-refractivity contribution < 1.29 is 33.3 Å². The molecule has 1 saturated heterocycles. The quantitative estimate of drug-likeness (QED) is 0.224. The minimum absolute atomic E-state index is 0.108. The molecule has 11 heteroatoms. The zero-order chi connectivity index (χ0) is 32.1. The van der Waals surface area contributed by atoms with E-state index >= 15 is 0 Å². The summed E-state index contributed by atoms with van der Waals surface area (Å²) in [4.78, 5) is 33.0. The van der Waals surface area contributed by atoms with E-state index in [2.05, 4.69) is 5.32 Å². The Balaban J connectivity index is 1.21. The van der Waals surface area contributed by atoms with Crippen molar-refractivity contribution in [3.63, 3.8) is 0 Å². The molecule has 2 aliphatic rings. The maximum Gasteiger partial charge on any atom is 0.374 e. The summed E-state index contributed by atoms with van der Waals surface area (Å²) in [5.74, 6) is 0.161. The lowest BCUT2D eigenvalue weighted by atomic mass is 9.80. The van der Waals surface area contributed by atoms with E-state index in [0.717, 1.165) is 35.9 Å². The summed E-state index contributed by atoms with van der Waals surface area (Å²) in [6, 6.07) is 16.5. The van der Waals surface area contributed by atoms with E-state index in [9.17, 15) is 14.7 Å². The van der Waals surface area contributed by atoms with Crippen LogP contribution in [0, 0.1) is 0 Å². The van der Waals surface area contributed by atoms with E-state index in [1.807, 2.05) is 45.9 Å². The summed E-state index contributed by atoms with van der Waals surface area (Å²) in [6.07, 6.45) is 5.62. The highest BCUT2D eigenvalue weighted by atomic mass is 16.5. The molecule has 2 N–H and O–H groups in total. The largest absolute Gasteiger partial charge is 0.493 e. The van der Waals surface area contributed by atoms with Crippen molar-refractivity contribution in [3.05, 3.63) is 72.4 Å². The van der Waals surface area contributed by atoms with Gasteiger partial charge in [0.25, 0.3) is 5.91 Å². The Morgan fingerprint density at radius 1 is 1.15 bits per heavy atom. The van der Waals surface area contributed by atoms with Crippen LogP contribution in [0.2, 0.25) is 0 Å². The average Bonchev–Trinajstić information content (AvgIpc) is 3.70. The van der Waals surface area contributed by atoms with Gasteiger partial charge in [0.15, 0.2) is 5.69 Å². The minimum atomic E-state index is -1.05. The number of esters is 1. The van der Waals surface area contributed by atoms with E-state index in [-0.39, 0.29) is 37.0 Å². The molecule has 1 aliphatic heterocycles. The van der Waals surface area contributed by atoms with E-state index in [4.69, 9.17) is 23.6 Å². The summed E-state index contributed by atoms with van der Waals surface area (Å²) in [7, 11) is 1.61. The number of aliphatic hydroxyl groups is 1. The van der Waals surface area contributed by atoms with Crippen LogP contribution in [0.4, 0.5) is 0 Å². The zero-order valence-electron chi connectivity index (χ0n) is 26.4. The van der Waals surface area contributed by atoms with Crippen LogP contribution in [0.1, 0.15) is 66.1 Å². The molecular weight excluding hydrogens is 588 g/mol. The molecule has 2 fully saturated rings. The van der Waals surface area contributed by atoms with Gasteiger partial charge in [0, 0.05) is 50.2 Å². The van der Waals surface area contributed by atoms with Gasteiger partial charge in [-0.3, -0.25) is 4.79 Å². The number of nitrogens with one attached hydrogen (secondary N) is 1. The Morgan fingerprint density at radius 3 is 2.80 bits per heavy atom. The second kappa shape index (κ2) is 14.1. The average molecular weight is 631 g/mol. The molecule has 1 saturated carbocycles. The van der Waals surface area contributed by atoms with E-state index in [1.165, 1.54) is 0 Å². The zero-order valence-corrected chi connectivity index (χ0v) is 26.4. The van der Waals surface area contributed by atoms with Gasteiger partial charge in [-0.25, -0.2) is 9.78 Å². The molecule has 6 rings (SSSR count). The third-order valence-corrected chi connectivity index (χ3v) is 9.03. The molecule has 3 heterocycles. The summed E-state index contributed by atoms with van der Waals surface area (Å²) in [6.45, 7) is 4.48. The molecule has 2 aromatic heterocycles. The number of fused-ring (bicyclic) bond motifs is 1. The lowest BCUT2D eigenvalue weighted by Gasteiger charge is -2.41. The fourth-order valence-corrected chi connectivity index (χ4v) is 6.81. The van der Waals surface area contributed by atoms with Gasteiger partial charge in [-0.15, -0.1) is 0 Å². The number of carbonyl (C=O) groups is 2. The smallest absolute Gasteiger partial charge is 0.374 e. The van der Waals surface area contributed by atoms with Crippen LogP contribution in [0.15, 0.2) is 65.3 Å². The summed E-state index contributed by atoms with van der Waals surface area (Å²) in [5.41, 5.74) is 1.51. The van der Waals surface area contributed by atoms with Crippen molar-refractivity contribution in [1.29, 1.82) is 0 Å². The van der Waals surface area contributed by atoms with Crippen molar-refractivity contribution >= 4 is 22.8 Å². The number of benzene rings is 2. The van der Waals surface area contributed by atoms with E-state index in [1.54, 1.807) is 38.6 Å². The van der Waals surface area contributed by atoms with Crippen LogP contribution < -0.4 is 10.1 Å². The Hall–Kier alpha value is -4.19. The van der Waals surface area contributed by atoms with Crippen molar-refractivity contribution in [2.24, 2.45) is 0 Å². The number of piperazine rings is 1. The van der Waals surface area contributed by atoms with Crippen molar-refractivity contribution in [1.82, 2.24) is 19.8 Å². The molecule has 3 atom stereocenters. The molecule has 0 bridgehead atoms. The molecule has 244 valence electrons. The second-order valence-electron chi connectivity index (χ2n) is 12.0. The van der Waals surface area contributed by atoms with Crippen molar-refractivity contribution in [2.45, 2.75) is 56.7 Å². The third kappa shape index (κ3) is 6.53. The fourth-order valence-electron chi connectivity index (χ4n) is 6.81. The summed E-state index contributed by atoms with van der Waals surface area (Å²) < 4.78 is 24.2. The standard InChI is InChI=1S/C35H42N4O7/c1-3-44-34(41)29-20-25-19-27(12-13-28(25)46-29)45-18-14-26-21-36-16-17-38(26)33(40)31-32(24-9-5-4-6-10-24)39(23-37-31)30-11-7-8-15-35(30,42)22-43-2/h4-6,9-10,12-13,19-20,23,26,30,36,42H,3,7-8,11,14-18,21-22H2,1-2H3/t26-,30-,35-/m1/s1. The highest BCUT2D eigenvalue weighted by Crippen LogP contribution is 2.41. The fraction of sp³-hybridized carbons (Fsp3) is 0.457. The molecule has 0 unspecified atom stereocenters. The van der Waals surface area contributed by atoms with Crippen LogP contribution >= 0.6 is 0 Å². The van der Waals surface area contributed by atoms with Crippen LogP contribution in [-0.2, 0) is 9.47 Å². The van der Waals surface area contributed by atoms with E-state index < -0.39 is 11.6 Å². The number of furan rings is 1. The predicted molar refractivity (Wildman–Crippen MR) is 172 cm³/mol. The number of hydrogen-bond donors (Lipinski definition) is 2. The molecule has 0 radical (unpaired) electrons. The third-order valence-electron chi connectivity index (χ3n) is 9.03. The Morgan fingerprint density at radius 2 is 2.00 bits per heavy atom. The summed E-state index contributed by atoms with van der Waals surface area (Å²) >= 11 is 0. The molecule has 4 aromatic rings. The number of imidazole rings is 1. The molecular formula is C35H42N4O7. The number of rotatable bonds is 11. The number of carbonyl (C=O) groups excluding carboxylic acids is 2. The number of methoxy groups -OCH3 is 1. The Kier molecular flexibility index (Phi) is 9.72. The predicted octanol–water partition coefficient (Wildman–Crippen LogP) is 4.85. The number of hydrogen-bond acceptors (Lipinski definition) is 9. The highest BCUT2D eigenvalue weighted by Gasteiger charge is 2.42. The molecule has 2 aromatic carbocycles. The number of aromatic nitrogens is 2. The van der Waals surface area contributed by atoms with Gasteiger partial charge < -0.3 is 38.5 Å². The van der Waals surface area contributed by atoms with Gasteiger partial charge >= 0.3 is 5.97 Å². The van der Waals surface area contributed by atoms with Gasteiger partial charge in [0.05, 0.1) is 37.9 Å². The SMILES string of the molecule is CCOC(=O)c1cc2cc(OCC[C@@H]3CNCCN3C(=O)c3ncn([C@@H]4CCCC[C@@]4(O)COC)c3-c3ccccc3)ccc2o1.